The van der Waals surface area contributed by atoms with E-state index in [9.17, 15) is 9.90 Å². The maximum atomic E-state index is 12.7. The molecule has 154 valence electrons. The molecule has 29 heavy (non-hydrogen) atoms. The summed E-state index contributed by atoms with van der Waals surface area (Å²) >= 11 is 0. The van der Waals surface area contributed by atoms with Crippen molar-refractivity contribution in [2.45, 2.75) is 31.8 Å². The summed E-state index contributed by atoms with van der Waals surface area (Å²) < 4.78 is 5.16. The quantitative estimate of drug-likeness (QED) is 0.747. The van der Waals surface area contributed by atoms with Gasteiger partial charge in [0, 0.05) is 43.2 Å². The van der Waals surface area contributed by atoms with Gasteiger partial charge in [-0.05, 0) is 31.2 Å². The molecule has 2 aliphatic rings. The number of ether oxygens (including phenoxy) is 1. The van der Waals surface area contributed by atoms with Crippen LogP contribution in [-0.4, -0.2) is 47.7 Å². The van der Waals surface area contributed by atoms with Crippen LogP contribution < -0.4 is 15.0 Å². The number of hydrogen-bond acceptors (Lipinski definition) is 6. The average Bonchev–Trinajstić information content (AvgIpc) is 3.59. The summed E-state index contributed by atoms with van der Waals surface area (Å²) in [5, 5.41) is 13.9. The van der Waals surface area contributed by atoms with Gasteiger partial charge in [-0.2, -0.15) is 4.98 Å². The minimum absolute atomic E-state index is 0.0125. The number of aliphatic hydroxyl groups is 1. The molecule has 2 fully saturated rings. The number of hydrogen-bond donors (Lipinski definition) is 2. The number of carbonyl (C=O) groups is 1. The van der Waals surface area contributed by atoms with Gasteiger partial charge in [0.2, 0.25) is 17.7 Å². The number of amides is 1. The first-order valence-corrected chi connectivity index (χ1v) is 10.2. The van der Waals surface area contributed by atoms with Crippen LogP contribution in [0.25, 0.3) is 0 Å². The summed E-state index contributed by atoms with van der Waals surface area (Å²) in [6.45, 7) is 2.01. The number of carbonyl (C=O) groups excluding carboxylic acids is 1. The summed E-state index contributed by atoms with van der Waals surface area (Å²) in [5.74, 6) is 1.26. The fourth-order valence-corrected chi connectivity index (χ4v) is 4.04. The van der Waals surface area contributed by atoms with Crippen LogP contribution in [0.3, 0.4) is 0 Å². The molecule has 1 saturated carbocycles. The molecule has 1 atom stereocenters. The van der Waals surface area contributed by atoms with Crippen molar-refractivity contribution < 1.29 is 14.6 Å². The molecule has 1 unspecified atom stereocenters. The summed E-state index contributed by atoms with van der Waals surface area (Å²) in [6.07, 6.45) is 4.56. The molecule has 2 aromatic rings. The van der Waals surface area contributed by atoms with Crippen LogP contribution in [0.4, 0.5) is 5.95 Å². The number of aliphatic hydroxyl groups excluding tert-OH is 1. The Morgan fingerprint density at radius 1 is 1.28 bits per heavy atom. The Hall–Kier alpha value is -2.67. The molecule has 1 aliphatic heterocycles. The van der Waals surface area contributed by atoms with Crippen LogP contribution >= 0.6 is 0 Å². The number of benzene rings is 1. The lowest BCUT2D eigenvalue weighted by Gasteiger charge is -2.32. The van der Waals surface area contributed by atoms with Crippen molar-refractivity contribution in [3.05, 3.63) is 48.2 Å². The Labute approximate surface area is 171 Å². The molecule has 7 heteroatoms. The molecule has 1 aromatic heterocycles. The minimum Gasteiger partial charge on any atom is -0.481 e. The number of nitrogens with one attached hydrogen (secondary N) is 1. The second kappa shape index (κ2) is 8.37. The molecule has 4 rings (SSSR count). The van der Waals surface area contributed by atoms with Crippen LogP contribution in [0.1, 0.15) is 37.4 Å². The smallest absolute Gasteiger partial charge is 0.228 e. The molecule has 0 bridgehead atoms. The van der Waals surface area contributed by atoms with Crippen molar-refractivity contribution in [2.24, 2.45) is 11.3 Å². The van der Waals surface area contributed by atoms with Gasteiger partial charge in [0.15, 0.2) is 0 Å². The Morgan fingerprint density at radius 2 is 2.00 bits per heavy atom. The van der Waals surface area contributed by atoms with E-state index in [1.165, 1.54) is 0 Å². The van der Waals surface area contributed by atoms with Crippen molar-refractivity contribution in [2.75, 3.05) is 31.6 Å². The normalized spacial score (nSPS) is 19.4. The van der Waals surface area contributed by atoms with Gasteiger partial charge in [-0.1, -0.05) is 30.3 Å². The topological polar surface area (TPSA) is 87.6 Å². The van der Waals surface area contributed by atoms with Crippen LogP contribution in [-0.2, 0) is 4.79 Å². The molecule has 2 N–H and O–H groups in total. The molecule has 7 nitrogen and oxygen atoms in total. The lowest BCUT2D eigenvalue weighted by molar-refractivity contribution is -0.126. The predicted octanol–water partition coefficient (Wildman–Crippen LogP) is 2.33. The van der Waals surface area contributed by atoms with E-state index in [1.807, 2.05) is 30.3 Å². The molecule has 1 aliphatic carbocycles. The third-order valence-corrected chi connectivity index (χ3v) is 6.18. The van der Waals surface area contributed by atoms with E-state index in [4.69, 9.17) is 4.74 Å². The van der Waals surface area contributed by atoms with Gasteiger partial charge in [0.05, 0.1) is 13.2 Å². The molecular weight excluding hydrogens is 368 g/mol. The highest BCUT2D eigenvalue weighted by Gasteiger charge is 2.49. The van der Waals surface area contributed by atoms with Crippen LogP contribution in [0.5, 0.6) is 5.88 Å². The second-order valence-electron chi connectivity index (χ2n) is 8.05. The van der Waals surface area contributed by atoms with E-state index in [1.54, 1.807) is 19.4 Å². The summed E-state index contributed by atoms with van der Waals surface area (Å²) in [4.78, 5) is 23.5. The highest BCUT2D eigenvalue weighted by Crippen LogP contribution is 2.54. The number of piperidine rings is 1. The monoisotopic (exact) mass is 396 g/mol. The predicted molar refractivity (Wildman–Crippen MR) is 110 cm³/mol. The molecular formula is C22H28N4O3. The third-order valence-electron chi connectivity index (χ3n) is 6.18. The van der Waals surface area contributed by atoms with Crippen LogP contribution in [0.2, 0.25) is 0 Å². The minimum atomic E-state index is -0.531. The number of methoxy groups -OCH3 is 1. The third kappa shape index (κ3) is 4.34. The van der Waals surface area contributed by atoms with Crippen molar-refractivity contribution in [1.29, 1.82) is 0 Å². The lowest BCUT2D eigenvalue weighted by atomic mass is 9.91. The molecule has 0 spiro atoms. The zero-order valence-electron chi connectivity index (χ0n) is 16.8. The van der Waals surface area contributed by atoms with Gasteiger partial charge in [-0.15, -0.1) is 0 Å². The van der Waals surface area contributed by atoms with Gasteiger partial charge in [-0.3, -0.25) is 4.79 Å². The Morgan fingerprint density at radius 3 is 2.66 bits per heavy atom. The molecule has 1 aromatic carbocycles. The van der Waals surface area contributed by atoms with Gasteiger partial charge >= 0.3 is 0 Å². The first-order valence-electron chi connectivity index (χ1n) is 10.2. The van der Waals surface area contributed by atoms with Crippen LogP contribution in [0, 0.1) is 11.3 Å². The fraction of sp³-hybridized carbons (Fsp3) is 0.500. The van der Waals surface area contributed by atoms with E-state index >= 15 is 0 Å². The lowest BCUT2D eigenvalue weighted by Crippen LogP contribution is -2.43. The zero-order valence-corrected chi connectivity index (χ0v) is 16.8. The van der Waals surface area contributed by atoms with E-state index < -0.39 is 6.10 Å². The Kier molecular flexibility index (Phi) is 5.67. The summed E-state index contributed by atoms with van der Waals surface area (Å²) in [6, 6.07) is 11.4. The van der Waals surface area contributed by atoms with Crippen molar-refractivity contribution in [3.8, 4) is 5.88 Å². The standard InChI is InChI=1S/C22H28N4O3/c1-29-18-7-12-23-21(25-18)26-13-8-17(9-14-26)20(28)24-15-22(10-11-22)19(27)16-5-3-2-4-6-16/h2-7,12,17,19,27H,8-11,13-15H2,1H3,(H,24,28). The first kappa shape index (κ1) is 19.6. The SMILES string of the molecule is COc1ccnc(N2CCC(C(=O)NCC3(C(O)c4ccccc4)CC3)CC2)n1. The van der Waals surface area contributed by atoms with Gasteiger partial charge in [0.25, 0.3) is 0 Å². The van der Waals surface area contributed by atoms with E-state index in [0.29, 0.717) is 18.4 Å². The number of aromatic nitrogens is 2. The number of anilines is 1. The zero-order chi connectivity index (χ0) is 20.3. The fourth-order valence-electron chi connectivity index (χ4n) is 4.04. The second-order valence-corrected chi connectivity index (χ2v) is 8.05. The Bertz CT molecular complexity index is 833. The van der Waals surface area contributed by atoms with Gasteiger partial charge in [0.1, 0.15) is 0 Å². The van der Waals surface area contributed by atoms with E-state index in [-0.39, 0.29) is 17.2 Å². The largest absolute Gasteiger partial charge is 0.481 e. The molecule has 0 radical (unpaired) electrons. The highest BCUT2D eigenvalue weighted by molar-refractivity contribution is 5.79. The van der Waals surface area contributed by atoms with Crippen molar-refractivity contribution >= 4 is 11.9 Å². The highest BCUT2D eigenvalue weighted by atomic mass is 16.5. The average molecular weight is 396 g/mol. The summed E-state index contributed by atoms with van der Waals surface area (Å²) in [7, 11) is 1.59. The van der Waals surface area contributed by atoms with Crippen molar-refractivity contribution in [1.82, 2.24) is 15.3 Å². The van der Waals surface area contributed by atoms with E-state index in [2.05, 4.69) is 20.2 Å². The maximum Gasteiger partial charge on any atom is 0.228 e. The van der Waals surface area contributed by atoms with Gasteiger partial charge < -0.3 is 20.1 Å². The van der Waals surface area contributed by atoms with E-state index in [0.717, 1.165) is 44.3 Å². The van der Waals surface area contributed by atoms with Crippen molar-refractivity contribution in [3.63, 3.8) is 0 Å². The number of nitrogens with zero attached hydrogens (tertiary/aromatic N) is 3. The first-order chi connectivity index (χ1) is 14.1. The van der Waals surface area contributed by atoms with Crippen LogP contribution in [0.15, 0.2) is 42.6 Å². The summed E-state index contributed by atoms with van der Waals surface area (Å²) in [5.41, 5.74) is 0.706. The van der Waals surface area contributed by atoms with Gasteiger partial charge in [-0.25, -0.2) is 4.98 Å². The number of rotatable bonds is 7. The molecule has 1 amide bonds. The Balaban J connectivity index is 1.28. The molecule has 1 saturated heterocycles. The molecule has 2 heterocycles. The maximum absolute atomic E-state index is 12.7.